The summed E-state index contributed by atoms with van der Waals surface area (Å²) < 4.78 is 7.02. The van der Waals surface area contributed by atoms with Gasteiger partial charge in [0.25, 0.3) is 0 Å². The molecule has 1 atom stereocenters. The van der Waals surface area contributed by atoms with Crippen LogP contribution in [0.1, 0.15) is 26.0 Å². The van der Waals surface area contributed by atoms with E-state index in [0.717, 1.165) is 12.2 Å². The van der Waals surface area contributed by atoms with Gasteiger partial charge in [-0.25, -0.2) is 0 Å². The SMILES string of the molecule is CC(C)Cn1cc(N2C[C@H](C(=O)NCc3ccco3)CC2=O)cn1. The topological polar surface area (TPSA) is 80.4 Å². The molecule has 0 aliphatic carbocycles. The average Bonchev–Trinajstić information content (AvgIpc) is 3.24. The molecule has 7 nitrogen and oxygen atoms in total. The smallest absolute Gasteiger partial charge is 0.227 e. The molecule has 3 heterocycles. The molecule has 0 spiro atoms. The highest BCUT2D eigenvalue weighted by Gasteiger charge is 2.35. The van der Waals surface area contributed by atoms with Crippen molar-refractivity contribution in [2.45, 2.75) is 33.4 Å². The molecule has 24 heavy (non-hydrogen) atoms. The fourth-order valence-corrected chi connectivity index (χ4v) is 2.83. The Labute approximate surface area is 140 Å². The summed E-state index contributed by atoms with van der Waals surface area (Å²) in [7, 11) is 0. The normalized spacial score (nSPS) is 17.7. The number of hydrogen-bond donors (Lipinski definition) is 1. The van der Waals surface area contributed by atoms with E-state index < -0.39 is 0 Å². The Bertz CT molecular complexity index is 705. The second kappa shape index (κ2) is 6.90. The van der Waals surface area contributed by atoms with Crippen LogP contribution in [0, 0.1) is 11.8 Å². The number of aromatic nitrogens is 2. The van der Waals surface area contributed by atoms with Gasteiger partial charge in [0.1, 0.15) is 5.76 Å². The molecular formula is C17H22N4O3. The van der Waals surface area contributed by atoms with Gasteiger partial charge in [0.15, 0.2) is 0 Å². The zero-order chi connectivity index (χ0) is 17.1. The van der Waals surface area contributed by atoms with Gasteiger partial charge >= 0.3 is 0 Å². The van der Waals surface area contributed by atoms with E-state index in [1.54, 1.807) is 29.5 Å². The number of carbonyl (C=O) groups excluding carboxylic acids is 2. The monoisotopic (exact) mass is 330 g/mol. The molecule has 0 aromatic carbocycles. The summed E-state index contributed by atoms with van der Waals surface area (Å²) in [5.41, 5.74) is 0.752. The fraction of sp³-hybridized carbons (Fsp3) is 0.471. The highest BCUT2D eigenvalue weighted by atomic mass is 16.3. The Kier molecular flexibility index (Phi) is 4.69. The number of amides is 2. The van der Waals surface area contributed by atoms with Gasteiger partial charge in [-0.2, -0.15) is 5.10 Å². The summed E-state index contributed by atoms with van der Waals surface area (Å²) in [4.78, 5) is 26.1. The van der Waals surface area contributed by atoms with Gasteiger partial charge in [0.2, 0.25) is 11.8 Å². The lowest BCUT2D eigenvalue weighted by molar-refractivity contribution is -0.126. The number of carbonyl (C=O) groups is 2. The first kappa shape index (κ1) is 16.3. The number of rotatable bonds is 6. The lowest BCUT2D eigenvalue weighted by Gasteiger charge is -2.14. The summed E-state index contributed by atoms with van der Waals surface area (Å²) in [5.74, 6) is 0.654. The third-order valence-electron chi connectivity index (χ3n) is 4.00. The standard InChI is InChI=1S/C17H22N4O3/c1-12(2)9-20-11-14(7-19-20)21-10-13(6-16(21)22)17(23)18-8-15-4-3-5-24-15/h3-5,7,11-13H,6,8-10H2,1-2H3,(H,18,23)/t13-/m1/s1. The molecule has 0 saturated carbocycles. The molecule has 1 saturated heterocycles. The van der Waals surface area contributed by atoms with Gasteiger partial charge in [0.05, 0.1) is 30.6 Å². The van der Waals surface area contributed by atoms with Crippen LogP contribution < -0.4 is 10.2 Å². The van der Waals surface area contributed by atoms with E-state index in [1.807, 2.05) is 10.9 Å². The van der Waals surface area contributed by atoms with Gasteiger partial charge in [-0.15, -0.1) is 0 Å². The van der Waals surface area contributed by atoms with Crippen LogP contribution in [0.3, 0.4) is 0 Å². The largest absolute Gasteiger partial charge is 0.467 e. The van der Waals surface area contributed by atoms with Crippen molar-refractivity contribution in [2.24, 2.45) is 11.8 Å². The maximum absolute atomic E-state index is 12.3. The van der Waals surface area contributed by atoms with Crippen LogP contribution in [0.2, 0.25) is 0 Å². The van der Waals surface area contributed by atoms with E-state index in [4.69, 9.17) is 4.42 Å². The molecule has 0 unspecified atom stereocenters. The summed E-state index contributed by atoms with van der Waals surface area (Å²) in [5, 5.41) is 7.10. The first-order chi connectivity index (χ1) is 11.5. The van der Waals surface area contributed by atoms with Crippen molar-refractivity contribution in [2.75, 3.05) is 11.4 Å². The van der Waals surface area contributed by atoms with Gasteiger partial charge in [-0.3, -0.25) is 14.3 Å². The summed E-state index contributed by atoms with van der Waals surface area (Å²) in [6.45, 7) is 5.75. The third kappa shape index (κ3) is 3.67. The van der Waals surface area contributed by atoms with Crippen LogP contribution in [0.5, 0.6) is 0 Å². The molecule has 1 aliphatic rings. The highest BCUT2D eigenvalue weighted by Crippen LogP contribution is 2.25. The van der Waals surface area contributed by atoms with Gasteiger partial charge in [0, 0.05) is 25.7 Å². The van der Waals surface area contributed by atoms with E-state index in [1.165, 1.54) is 0 Å². The lowest BCUT2D eigenvalue weighted by atomic mass is 10.1. The zero-order valence-corrected chi connectivity index (χ0v) is 13.9. The maximum atomic E-state index is 12.3. The van der Waals surface area contributed by atoms with E-state index in [2.05, 4.69) is 24.3 Å². The minimum atomic E-state index is -0.346. The molecule has 0 radical (unpaired) electrons. The quantitative estimate of drug-likeness (QED) is 0.876. The third-order valence-corrected chi connectivity index (χ3v) is 4.00. The molecule has 2 aromatic rings. The predicted molar refractivity (Wildman–Crippen MR) is 88.1 cm³/mol. The van der Waals surface area contributed by atoms with Gasteiger partial charge in [-0.1, -0.05) is 13.8 Å². The average molecular weight is 330 g/mol. The molecule has 0 bridgehead atoms. The highest BCUT2D eigenvalue weighted by molar-refractivity contribution is 6.00. The van der Waals surface area contributed by atoms with Crippen molar-refractivity contribution in [3.8, 4) is 0 Å². The van der Waals surface area contributed by atoms with Gasteiger partial charge in [-0.05, 0) is 18.1 Å². The summed E-state index contributed by atoms with van der Waals surface area (Å²) in [6, 6.07) is 3.58. The zero-order valence-electron chi connectivity index (χ0n) is 13.9. The minimum Gasteiger partial charge on any atom is -0.467 e. The number of hydrogen-bond acceptors (Lipinski definition) is 4. The maximum Gasteiger partial charge on any atom is 0.227 e. The molecule has 128 valence electrons. The van der Waals surface area contributed by atoms with Crippen molar-refractivity contribution >= 4 is 17.5 Å². The Morgan fingerprint density at radius 1 is 1.50 bits per heavy atom. The first-order valence-corrected chi connectivity index (χ1v) is 8.16. The lowest BCUT2D eigenvalue weighted by Crippen LogP contribution is -2.32. The molecular weight excluding hydrogens is 308 g/mol. The van der Waals surface area contributed by atoms with Crippen LogP contribution in [0.4, 0.5) is 5.69 Å². The Balaban J connectivity index is 1.58. The molecule has 1 fully saturated rings. The molecule has 3 rings (SSSR count). The number of anilines is 1. The Hall–Kier alpha value is -2.57. The van der Waals surface area contributed by atoms with Crippen molar-refractivity contribution in [1.29, 1.82) is 0 Å². The van der Waals surface area contributed by atoms with Gasteiger partial charge < -0.3 is 14.6 Å². The number of furan rings is 1. The second-order valence-electron chi connectivity index (χ2n) is 6.52. The van der Waals surface area contributed by atoms with E-state index in [-0.39, 0.29) is 24.2 Å². The van der Waals surface area contributed by atoms with Crippen molar-refractivity contribution in [3.63, 3.8) is 0 Å². The number of nitrogens with zero attached hydrogens (tertiary/aromatic N) is 3. The summed E-state index contributed by atoms with van der Waals surface area (Å²) >= 11 is 0. The second-order valence-corrected chi connectivity index (χ2v) is 6.52. The van der Waals surface area contributed by atoms with Crippen LogP contribution in [0.15, 0.2) is 35.2 Å². The Morgan fingerprint density at radius 3 is 3.04 bits per heavy atom. The molecule has 2 amide bonds. The molecule has 1 aliphatic heterocycles. The molecule has 2 aromatic heterocycles. The Morgan fingerprint density at radius 2 is 2.33 bits per heavy atom. The summed E-state index contributed by atoms with van der Waals surface area (Å²) in [6.07, 6.45) is 5.33. The van der Waals surface area contributed by atoms with E-state index >= 15 is 0 Å². The van der Waals surface area contributed by atoms with E-state index in [0.29, 0.717) is 24.8 Å². The van der Waals surface area contributed by atoms with Crippen LogP contribution in [-0.2, 0) is 22.7 Å². The van der Waals surface area contributed by atoms with Crippen LogP contribution in [0.25, 0.3) is 0 Å². The van der Waals surface area contributed by atoms with Crippen molar-refractivity contribution < 1.29 is 14.0 Å². The van der Waals surface area contributed by atoms with Crippen LogP contribution in [-0.4, -0.2) is 28.1 Å². The van der Waals surface area contributed by atoms with Crippen molar-refractivity contribution in [1.82, 2.24) is 15.1 Å². The van der Waals surface area contributed by atoms with E-state index in [9.17, 15) is 9.59 Å². The molecule has 1 N–H and O–H groups in total. The molecule has 7 heteroatoms. The fourth-order valence-electron chi connectivity index (χ4n) is 2.83. The van der Waals surface area contributed by atoms with Crippen molar-refractivity contribution in [3.05, 3.63) is 36.5 Å². The van der Waals surface area contributed by atoms with Crippen LogP contribution >= 0.6 is 0 Å². The minimum absolute atomic E-state index is 0.0442. The predicted octanol–water partition coefficient (Wildman–Crippen LogP) is 1.80. The first-order valence-electron chi connectivity index (χ1n) is 8.16. The number of nitrogens with one attached hydrogen (secondary N) is 1.